The number of carbonyl (C=O) groups is 1. The third-order valence-electron chi connectivity index (χ3n) is 3.74. The van der Waals surface area contributed by atoms with Crippen molar-refractivity contribution in [3.05, 3.63) is 0 Å². The standard InChI is InChI=1S/C14H27NO5/c1-15-14(13(16)18-3)6-5-12(11-14)20-10-9-19-8-4-7-17-2/h12,15H,4-11H2,1-3H3. The first kappa shape index (κ1) is 17.4. The summed E-state index contributed by atoms with van der Waals surface area (Å²) in [5, 5.41) is 3.08. The fourth-order valence-corrected chi connectivity index (χ4v) is 2.53. The summed E-state index contributed by atoms with van der Waals surface area (Å²) in [6.45, 7) is 2.53. The lowest BCUT2D eigenvalue weighted by molar-refractivity contribution is -0.148. The SMILES string of the molecule is CNC1(C(=O)OC)CCC(OCCOCCCOC)C1. The number of likely N-dealkylation sites (N-methyl/N-ethyl adjacent to an activating group) is 1. The normalized spacial score (nSPS) is 25.9. The van der Waals surface area contributed by atoms with Crippen LogP contribution in [-0.2, 0) is 23.7 Å². The predicted octanol–water partition coefficient (Wildman–Crippen LogP) is 0.740. The van der Waals surface area contributed by atoms with Gasteiger partial charge >= 0.3 is 5.97 Å². The van der Waals surface area contributed by atoms with Crippen molar-refractivity contribution in [2.75, 3.05) is 47.7 Å². The van der Waals surface area contributed by atoms with Crippen molar-refractivity contribution in [3.63, 3.8) is 0 Å². The summed E-state index contributed by atoms with van der Waals surface area (Å²) in [4.78, 5) is 11.8. The van der Waals surface area contributed by atoms with E-state index in [9.17, 15) is 4.79 Å². The van der Waals surface area contributed by atoms with Crippen LogP contribution in [-0.4, -0.2) is 65.3 Å². The summed E-state index contributed by atoms with van der Waals surface area (Å²) < 4.78 is 21.0. The first-order chi connectivity index (χ1) is 9.68. The zero-order valence-electron chi connectivity index (χ0n) is 12.8. The molecule has 0 aromatic carbocycles. The summed E-state index contributed by atoms with van der Waals surface area (Å²) in [6.07, 6.45) is 3.24. The van der Waals surface area contributed by atoms with E-state index in [0.717, 1.165) is 19.3 Å². The van der Waals surface area contributed by atoms with Crippen molar-refractivity contribution in [2.45, 2.75) is 37.3 Å². The summed E-state index contributed by atoms with van der Waals surface area (Å²) in [7, 11) is 4.89. The quantitative estimate of drug-likeness (QED) is 0.473. The number of ether oxygens (including phenoxy) is 4. The van der Waals surface area contributed by atoms with E-state index in [1.54, 1.807) is 14.2 Å². The second-order valence-corrected chi connectivity index (χ2v) is 5.02. The molecule has 0 radical (unpaired) electrons. The zero-order chi connectivity index (χ0) is 14.8. The molecule has 0 spiro atoms. The Morgan fingerprint density at radius 2 is 2.05 bits per heavy atom. The second kappa shape index (κ2) is 9.28. The molecule has 2 atom stereocenters. The highest BCUT2D eigenvalue weighted by molar-refractivity contribution is 5.81. The summed E-state index contributed by atoms with van der Waals surface area (Å²) in [5.74, 6) is -0.207. The van der Waals surface area contributed by atoms with Gasteiger partial charge in [-0.15, -0.1) is 0 Å². The Morgan fingerprint density at radius 1 is 1.25 bits per heavy atom. The molecule has 1 saturated carbocycles. The number of nitrogens with one attached hydrogen (secondary N) is 1. The first-order valence-electron chi connectivity index (χ1n) is 7.14. The van der Waals surface area contributed by atoms with Crippen LogP contribution in [0.2, 0.25) is 0 Å². The fourth-order valence-electron chi connectivity index (χ4n) is 2.53. The molecule has 0 aromatic heterocycles. The summed E-state index contributed by atoms with van der Waals surface area (Å²) in [6, 6.07) is 0. The van der Waals surface area contributed by atoms with Crippen molar-refractivity contribution in [3.8, 4) is 0 Å². The summed E-state index contributed by atoms with van der Waals surface area (Å²) in [5.41, 5.74) is -0.585. The lowest BCUT2D eigenvalue weighted by Gasteiger charge is -2.25. The molecule has 1 aliphatic carbocycles. The van der Waals surface area contributed by atoms with E-state index in [-0.39, 0.29) is 12.1 Å². The smallest absolute Gasteiger partial charge is 0.326 e. The molecule has 20 heavy (non-hydrogen) atoms. The van der Waals surface area contributed by atoms with Crippen LogP contribution in [0.3, 0.4) is 0 Å². The van der Waals surface area contributed by atoms with E-state index in [1.807, 2.05) is 0 Å². The number of esters is 1. The fraction of sp³-hybridized carbons (Fsp3) is 0.929. The molecule has 2 unspecified atom stereocenters. The van der Waals surface area contributed by atoms with Gasteiger partial charge in [0.25, 0.3) is 0 Å². The van der Waals surface area contributed by atoms with Crippen LogP contribution in [0, 0.1) is 0 Å². The molecule has 0 heterocycles. The third kappa shape index (κ3) is 5.01. The minimum absolute atomic E-state index is 0.0872. The Morgan fingerprint density at radius 3 is 2.70 bits per heavy atom. The zero-order valence-corrected chi connectivity index (χ0v) is 12.8. The van der Waals surface area contributed by atoms with Gasteiger partial charge in [0.15, 0.2) is 0 Å². The molecule has 1 aliphatic rings. The van der Waals surface area contributed by atoms with Crippen LogP contribution in [0.4, 0.5) is 0 Å². The van der Waals surface area contributed by atoms with Crippen LogP contribution < -0.4 is 5.32 Å². The molecular formula is C14H27NO5. The van der Waals surface area contributed by atoms with E-state index in [4.69, 9.17) is 18.9 Å². The maximum absolute atomic E-state index is 11.8. The largest absolute Gasteiger partial charge is 0.468 e. The second-order valence-electron chi connectivity index (χ2n) is 5.02. The maximum Gasteiger partial charge on any atom is 0.326 e. The number of hydrogen-bond acceptors (Lipinski definition) is 6. The molecule has 0 bridgehead atoms. The van der Waals surface area contributed by atoms with Crippen molar-refractivity contribution >= 4 is 5.97 Å². The molecule has 0 aliphatic heterocycles. The summed E-state index contributed by atoms with van der Waals surface area (Å²) >= 11 is 0. The van der Waals surface area contributed by atoms with E-state index >= 15 is 0 Å². The molecule has 0 saturated heterocycles. The van der Waals surface area contributed by atoms with Crippen LogP contribution in [0.1, 0.15) is 25.7 Å². The van der Waals surface area contributed by atoms with Crippen molar-refractivity contribution in [2.24, 2.45) is 0 Å². The highest BCUT2D eigenvalue weighted by Crippen LogP contribution is 2.32. The van der Waals surface area contributed by atoms with Crippen LogP contribution >= 0.6 is 0 Å². The molecular weight excluding hydrogens is 262 g/mol. The van der Waals surface area contributed by atoms with Gasteiger partial charge in [-0.3, -0.25) is 4.79 Å². The van der Waals surface area contributed by atoms with Crippen LogP contribution in [0.25, 0.3) is 0 Å². The van der Waals surface area contributed by atoms with Crippen molar-refractivity contribution in [1.82, 2.24) is 5.32 Å². The minimum atomic E-state index is -0.585. The van der Waals surface area contributed by atoms with Gasteiger partial charge in [0.2, 0.25) is 0 Å². The van der Waals surface area contributed by atoms with Gasteiger partial charge in [0.05, 0.1) is 26.4 Å². The average Bonchev–Trinajstić information content (AvgIpc) is 2.90. The van der Waals surface area contributed by atoms with Gasteiger partial charge in [-0.1, -0.05) is 0 Å². The van der Waals surface area contributed by atoms with Gasteiger partial charge in [0.1, 0.15) is 5.54 Å². The van der Waals surface area contributed by atoms with E-state index in [2.05, 4.69) is 5.32 Å². The monoisotopic (exact) mass is 289 g/mol. The third-order valence-corrected chi connectivity index (χ3v) is 3.74. The lowest BCUT2D eigenvalue weighted by atomic mass is 9.98. The van der Waals surface area contributed by atoms with Gasteiger partial charge in [-0.25, -0.2) is 0 Å². The molecule has 1 N–H and O–H groups in total. The predicted molar refractivity (Wildman–Crippen MR) is 74.7 cm³/mol. The molecule has 1 rings (SSSR count). The Bertz CT molecular complexity index is 287. The molecule has 6 heteroatoms. The van der Waals surface area contributed by atoms with Gasteiger partial charge in [-0.2, -0.15) is 0 Å². The van der Waals surface area contributed by atoms with Crippen molar-refractivity contribution in [1.29, 1.82) is 0 Å². The van der Waals surface area contributed by atoms with Crippen molar-refractivity contribution < 1.29 is 23.7 Å². The lowest BCUT2D eigenvalue weighted by Crippen LogP contribution is -2.49. The number of hydrogen-bond donors (Lipinski definition) is 1. The minimum Gasteiger partial charge on any atom is -0.468 e. The molecule has 0 amide bonds. The molecule has 6 nitrogen and oxygen atoms in total. The molecule has 0 aromatic rings. The Balaban J connectivity index is 2.16. The van der Waals surface area contributed by atoms with Gasteiger partial charge < -0.3 is 24.3 Å². The first-order valence-corrected chi connectivity index (χ1v) is 7.14. The number of methoxy groups -OCH3 is 2. The Kier molecular flexibility index (Phi) is 8.06. The number of rotatable bonds is 10. The van der Waals surface area contributed by atoms with Gasteiger partial charge in [-0.05, 0) is 26.3 Å². The highest BCUT2D eigenvalue weighted by atomic mass is 16.5. The van der Waals surface area contributed by atoms with Crippen LogP contribution in [0.15, 0.2) is 0 Å². The average molecular weight is 289 g/mol. The van der Waals surface area contributed by atoms with E-state index in [0.29, 0.717) is 32.8 Å². The Hall–Kier alpha value is -0.690. The molecule has 118 valence electrons. The van der Waals surface area contributed by atoms with E-state index < -0.39 is 5.54 Å². The van der Waals surface area contributed by atoms with E-state index in [1.165, 1.54) is 7.11 Å². The number of carbonyl (C=O) groups excluding carboxylic acids is 1. The topological polar surface area (TPSA) is 66.0 Å². The highest BCUT2D eigenvalue weighted by Gasteiger charge is 2.45. The molecule has 1 fully saturated rings. The van der Waals surface area contributed by atoms with Gasteiger partial charge in [0, 0.05) is 26.7 Å². The maximum atomic E-state index is 11.8. The Labute approximate surface area is 121 Å². The van der Waals surface area contributed by atoms with Crippen LogP contribution in [0.5, 0.6) is 0 Å².